The molecule has 0 aliphatic heterocycles. The third kappa shape index (κ3) is 69.2. The standard InChI is InChI=1S/C77H150O17P2/c1-7-10-12-14-16-18-20-22-24-26-28-30-32-37-41-49-55-61-76(81)93-72(65-87-74(79)59-53-47-40-36-31-29-27-25-23-21-19-17-15-13-11-8-2)67-91-95(83,84)89-63-71(78)64-90-96(85,86)92-68-73(66-88-75(80)60-54-48-44-43-45-51-57-69(4)5)94-77(82)62-56-50-42-38-34-33-35-39-46-52-58-70(6)9-3/h69-73,78H,7-68H2,1-6H3,(H,83,84)(H,85,86)/t70?,71-,72-,73-/m1/s1. The van der Waals surface area contributed by atoms with E-state index < -0.39 is 97.5 Å². The second-order valence-corrected chi connectivity index (χ2v) is 31.4. The van der Waals surface area contributed by atoms with Crippen molar-refractivity contribution in [2.75, 3.05) is 39.6 Å². The first kappa shape index (κ1) is 94.1. The monoisotopic (exact) mass is 1410 g/mol. The van der Waals surface area contributed by atoms with E-state index in [9.17, 15) is 43.2 Å². The van der Waals surface area contributed by atoms with Crippen molar-refractivity contribution in [1.29, 1.82) is 0 Å². The van der Waals surface area contributed by atoms with Crippen LogP contribution in [0, 0.1) is 11.8 Å². The third-order valence-electron chi connectivity index (χ3n) is 18.3. The summed E-state index contributed by atoms with van der Waals surface area (Å²) in [7, 11) is -9.91. The number of carbonyl (C=O) groups excluding carboxylic acids is 4. The first-order valence-corrected chi connectivity index (χ1v) is 43.0. The molecule has 17 nitrogen and oxygen atoms in total. The Morgan fingerprint density at radius 3 is 0.792 bits per heavy atom. The number of esters is 4. The van der Waals surface area contributed by atoms with Crippen LogP contribution in [-0.4, -0.2) is 96.7 Å². The molecular weight excluding hydrogens is 1260 g/mol. The van der Waals surface area contributed by atoms with Gasteiger partial charge < -0.3 is 33.8 Å². The maximum absolute atomic E-state index is 13.1. The summed E-state index contributed by atoms with van der Waals surface area (Å²) in [5, 5.41) is 10.6. The van der Waals surface area contributed by atoms with E-state index in [0.717, 1.165) is 102 Å². The van der Waals surface area contributed by atoms with E-state index in [1.54, 1.807) is 0 Å². The molecule has 570 valence electrons. The number of carbonyl (C=O) groups is 4. The molecule has 3 unspecified atom stereocenters. The highest BCUT2D eigenvalue weighted by atomic mass is 31.2. The van der Waals surface area contributed by atoms with Crippen molar-refractivity contribution in [1.82, 2.24) is 0 Å². The van der Waals surface area contributed by atoms with Gasteiger partial charge in [-0.05, 0) is 37.5 Å². The SMILES string of the molecule is CCCCCCCCCCCCCCCCCCCC(=O)O[C@H](COC(=O)CCCCCCCCCCCCCCCCCC)COP(=O)(O)OC[C@@H](O)COP(=O)(O)OC[C@@H](COC(=O)CCCCCCCCC(C)C)OC(=O)CCCCCCCCCCCCC(C)CC. The number of rotatable bonds is 76. The van der Waals surface area contributed by atoms with Gasteiger partial charge in [-0.3, -0.25) is 37.3 Å². The largest absolute Gasteiger partial charge is 0.472 e. The van der Waals surface area contributed by atoms with Gasteiger partial charge in [0.25, 0.3) is 0 Å². The lowest BCUT2D eigenvalue weighted by atomic mass is 9.99. The molecule has 96 heavy (non-hydrogen) atoms. The van der Waals surface area contributed by atoms with E-state index in [-0.39, 0.29) is 25.7 Å². The number of phosphoric ester groups is 2. The minimum atomic E-state index is -4.96. The van der Waals surface area contributed by atoms with Crippen molar-refractivity contribution in [2.45, 2.75) is 419 Å². The van der Waals surface area contributed by atoms with Gasteiger partial charge in [0.2, 0.25) is 0 Å². The van der Waals surface area contributed by atoms with Gasteiger partial charge in [-0.15, -0.1) is 0 Å². The number of phosphoric acid groups is 2. The van der Waals surface area contributed by atoms with Gasteiger partial charge in [0.1, 0.15) is 19.3 Å². The van der Waals surface area contributed by atoms with Crippen LogP contribution in [-0.2, 0) is 65.4 Å². The van der Waals surface area contributed by atoms with Crippen LogP contribution in [0.15, 0.2) is 0 Å². The average Bonchev–Trinajstić information content (AvgIpc) is 1.23. The van der Waals surface area contributed by atoms with Gasteiger partial charge in [0.15, 0.2) is 12.2 Å². The second kappa shape index (κ2) is 68.8. The molecule has 0 spiro atoms. The van der Waals surface area contributed by atoms with Gasteiger partial charge in [-0.25, -0.2) is 9.13 Å². The lowest BCUT2D eigenvalue weighted by molar-refractivity contribution is -0.161. The van der Waals surface area contributed by atoms with Crippen molar-refractivity contribution in [3.63, 3.8) is 0 Å². The fraction of sp³-hybridized carbons (Fsp3) is 0.948. The Morgan fingerprint density at radius 2 is 0.531 bits per heavy atom. The number of hydrogen-bond acceptors (Lipinski definition) is 15. The summed E-state index contributed by atoms with van der Waals surface area (Å²) in [5.41, 5.74) is 0. The van der Waals surface area contributed by atoms with Crippen molar-refractivity contribution in [2.24, 2.45) is 11.8 Å². The Bertz CT molecular complexity index is 1860. The average molecular weight is 1410 g/mol. The molecule has 0 aromatic heterocycles. The molecule has 6 atom stereocenters. The molecule has 0 amide bonds. The van der Waals surface area contributed by atoms with E-state index in [1.807, 2.05) is 0 Å². The summed E-state index contributed by atoms with van der Waals surface area (Å²) >= 11 is 0. The van der Waals surface area contributed by atoms with Crippen molar-refractivity contribution >= 4 is 39.5 Å². The molecule has 0 aliphatic carbocycles. The fourth-order valence-corrected chi connectivity index (χ4v) is 13.4. The predicted octanol–water partition coefficient (Wildman–Crippen LogP) is 22.7. The molecule has 19 heteroatoms. The Morgan fingerprint density at radius 1 is 0.302 bits per heavy atom. The zero-order valence-corrected chi connectivity index (χ0v) is 64.5. The van der Waals surface area contributed by atoms with Gasteiger partial charge >= 0.3 is 39.5 Å². The molecule has 0 fully saturated rings. The highest BCUT2D eigenvalue weighted by molar-refractivity contribution is 7.47. The fourth-order valence-electron chi connectivity index (χ4n) is 11.8. The Labute approximate surface area is 588 Å². The molecule has 0 aromatic rings. The van der Waals surface area contributed by atoms with E-state index in [2.05, 4.69) is 41.5 Å². The van der Waals surface area contributed by atoms with E-state index in [0.29, 0.717) is 31.6 Å². The van der Waals surface area contributed by atoms with Gasteiger partial charge in [-0.1, -0.05) is 350 Å². The lowest BCUT2D eigenvalue weighted by Crippen LogP contribution is -2.30. The van der Waals surface area contributed by atoms with Crippen LogP contribution in [0.4, 0.5) is 0 Å². The zero-order chi connectivity index (χ0) is 70.7. The first-order valence-electron chi connectivity index (χ1n) is 40.0. The molecular formula is C77H150O17P2. The maximum atomic E-state index is 13.1. The molecule has 0 saturated carbocycles. The van der Waals surface area contributed by atoms with Crippen LogP contribution in [0.5, 0.6) is 0 Å². The van der Waals surface area contributed by atoms with Crippen molar-refractivity contribution in [3.05, 3.63) is 0 Å². The minimum Gasteiger partial charge on any atom is -0.462 e. The van der Waals surface area contributed by atoms with Crippen LogP contribution >= 0.6 is 15.6 Å². The molecule has 0 saturated heterocycles. The van der Waals surface area contributed by atoms with Crippen LogP contribution in [0.25, 0.3) is 0 Å². The van der Waals surface area contributed by atoms with Crippen LogP contribution in [0.3, 0.4) is 0 Å². The summed E-state index contributed by atoms with van der Waals surface area (Å²) in [6.45, 7) is 9.55. The number of ether oxygens (including phenoxy) is 4. The Hall–Kier alpha value is -1.94. The second-order valence-electron chi connectivity index (χ2n) is 28.5. The van der Waals surface area contributed by atoms with E-state index in [4.69, 9.17) is 37.0 Å². The normalized spacial score (nSPS) is 14.3. The zero-order valence-electron chi connectivity index (χ0n) is 62.7. The molecule has 0 radical (unpaired) electrons. The summed E-state index contributed by atoms with van der Waals surface area (Å²) in [6.07, 6.45) is 56.9. The van der Waals surface area contributed by atoms with Crippen LogP contribution in [0.1, 0.15) is 401 Å². The van der Waals surface area contributed by atoms with Gasteiger partial charge in [-0.2, -0.15) is 0 Å². The summed E-state index contributed by atoms with van der Waals surface area (Å²) in [4.78, 5) is 72.8. The summed E-state index contributed by atoms with van der Waals surface area (Å²) < 4.78 is 68.6. The Balaban J connectivity index is 5.24. The van der Waals surface area contributed by atoms with Gasteiger partial charge in [0, 0.05) is 25.7 Å². The number of unbranched alkanes of at least 4 members (excludes halogenated alkanes) is 45. The topological polar surface area (TPSA) is 237 Å². The smallest absolute Gasteiger partial charge is 0.462 e. The quantitative estimate of drug-likeness (QED) is 0.0222. The van der Waals surface area contributed by atoms with Gasteiger partial charge in [0.05, 0.1) is 26.4 Å². The predicted molar refractivity (Wildman–Crippen MR) is 391 cm³/mol. The molecule has 3 N–H and O–H groups in total. The van der Waals surface area contributed by atoms with Crippen molar-refractivity contribution < 1.29 is 80.2 Å². The summed E-state index contributed by atoms with van der Waals surface area (Å²) in [6, 6.07) is 0. The maximum Gasteiger partial charge on any atom is 0.472 e. The third-order valence-corrected chi connectivity index (χ3v) is 20.2. The number of aliphatic hydroxyl groups excluding tert-OH is 1. The van der Waals surface area contributed by atoms with Crippen molar-refractivity contribution in [3.8, 4) is 0 Å². The highest BCUT2D eigenvalue weighted by Crippen LogP contribution is 2.45. The van der Waals surface area contributed by atoms with E-state index in [1.165, 1.54) is 212 Å². The minimum absolute atomic E-state index is 0.105. The number of hydrogen-bond donors (Lipinski definition) is 3. The van der Waals surface area contributed by atoms with E-state index >= 15 is 0 Å². The molecule has 0 bridgehead atoms. The lowest BCUT2D eigenvalue weighted by Gasteiger charge is -2.21. The van der Waals surface area contributed by atoms with Crippen LogP contribution < -0.4 is 0 Å². The van der Waals surface area contributed by atoms with Crippen LogP contribution in [0.2, 0.25) is 0 Å². The number of aliphatic hydroxyl groups is 1. The molecule has 0 rings (SSSR count). The molecule has 0 aliphatic rings. The summed E-state index contributed by atoms with van der Waals surface area (Å²) in [5.74, 6) is -0.633. The molecule has 0 heterocycles. The highest BCUT2D eigenvalue weighted by Gasteiger charge is 2.30. The Kier molecular flexibility index (Phi) is 67.4. The first-order chi connectivity index (χ1) is 46.4. The molecule has 0 aromatic carbocycles.